The third kappa shape index (κ3) is 3.99. The SMILES string of the molecule is Cc1cc(C)n(CC(=O)N2CCO[C@@H](c3cccc(N(C)C)n3)C2)n1. The van der Waals surface area contributed by atoms with Gasteiger partial charge in [0.25, 0.3) is 0 Å². The van der Waals surface area contributed by atoms with Crippen molar-refractivity contribution in [3.05, 3.63) is 41.3 Å². The van der Waals surface area contributed by atoms with E-state index in [4.69, 9.17) is 4.74 Å². The van der Waals surface area contributed by atoms with Gasteiger partial charge in [0.05, 0.1) is 24.5 Å². The molecule has 1 fully saturated rings. The van der Waals surface area contributed by atoms with Crippen molar-refractivity contribution in [2.75, 3.05) is 38.7 Å². The molecule has 0 saturated carbocycles. The van der Waals surface area contributed by atoms with Crippen LogP contribution in [0.15, 0.2) is 24.3 Å². The van der Waals surface area contributed by atoms with Crippen LogP contribution in [0.1, 0.15) is 23.2 Å². The molecule has 134 valence electrons. The Morgan fingerprint density at radius 3 is 2.84 bits per heavy atom. The van der Waals surface area contributed by atoms with E-state index in [1.54, 1.807) is 4.68 Å². The largest absolute Gasteiger partial charge is 0.368 e. The highest BCUT2D eigenvalue weighted by Crippen LogP contribution is 2.22. The molecule has 1 aliphatic rings. The lowest BCUT2D eigenvalue weighted by Gasteiger charge is -2.33. The number of aryl methyl sites for hydroxylation is 2. The van der Waals surface area contributed by atoms with Crippen LogP contribution < -0.4 is 4.90 Å². The van der Waals surface area contributed by atoms with Crippen molar-refractivity contribution >= 4 is 11.7 Å². The van der Waals surface area contributed by atoms with Gasteiger partial charge in [0.15, 0.2) is 0 Å². The van der Waals surface area contributed by atoms with Gasteiger partial charge in [0.2, 0.25) is 5.91 Å². The molecule has 7 heteroatoms. The lowest BCUT2D eigenvalue weighted by molar-refractivity contribution is -0.140. The van der Waals surface area contributed by atoms with E-state index in [1.807, 2.05) is 62.0 Å². The fourth-order valence-corrected chi connectivity index (χ4v) is 2.99. The Kier molecular flexibility index (Phi) is 5.03. The van der Waals surface area contributed by atoms with E-state index in [-0.39, 0.29) is 18.6 Å². The van der Waals surface area contributed by atoms with Crippen LogP contribution in [0.5, 0.6) is 0 Å². The molecule has 0 N–H and O–H groups in total. The molecule has 2 aromatic heterocycles. The van der Waals surface area contributed by atoms with E-state index >= 15 is 0 Å². The second-order valence-corrected chi connectivity index (χ2v) is 6.60. The standard InChI is InChI=1S/C18H25N5O2/c1-13-10-14(2)23(20-13)12-18(24)22-8-9-25-16(11-22)15-6-5-7-17(19-15)21(3)4/h5-7,10,16H,8-9,11-12H2,1-4H3/t16-/m1/s1. The summed E-state index contributed by atoms with van der Waals surface area (Å²) in [5.41, 5.74) is 2.78. The summed E-state index contributed by atoms with van der Waals surface area (Å²) >= 11 is 0. The number of ether oxygens (including phenoxy) is 1. The first-order chi connectivity index (χ1) is 11.9. The number of carbonyl (C=O) groups excluding carboxylic acids is 1. The van der Waals surface area contributed by atoms with Crippen molar-refractivity contribution in [1.82, 2.24) is 19.7 Å². The van der Waals surface area contributed by atoms with Crippen molar-refractivity contribution in [3.63, 3.8) is 0 Å². The molecular formula is C18H25N5O2. The summed E-state index contributed by atoms with van der Waals surface area (Å²) in [7, 11) is 3.91. The summed E-state index contributed by atoms with van der Waals surface area (Å²) in [5, 5.41) is 4.37. The number of anilines is 1. The zero-order valence-corrected chi connectivity index (χ0v) is 15.3. The monoisotopic (exact) mass is 343 g/mol. The number of nitrogens with zero attached hydrogens (tertiary/aromatic N) is 5. The summed E-state index contributed by atoms with van der Waals surface area (Å²) in [6, 6.07) is 7.86. The molecule has 0 bridgehead atoms. The van der Waals surface area contributed by atoms with Gasteiger partial charge in [0, 0.05) is 26.3 Å². The molecule has 0 unspecified atom stereocenters. The first-order valence-corrected chi connectivity index (χ1v) is 8.49. The molecule has 3 heterocycles. The minimum absolute atomic E-state index is 0.0586. The van der Waals surface area contributed by atoms with Crippen molar-refractivity contribution in [2.45, 2.75) is 26.5 Å². The number of carbonyl (C=O) groups is 1. The number of rotatable bonds is 4. The number of pyridine rings is 1. The van der Waals surface area contributed by atoms with Crippen molar-refractivity contribution in [1.29, 1.82) is 0 Å². The Morgan fingerprint density at radius 1 is 1.36 bits per heavy atom. The second-order valence-electron chi connectivity index (χ2n) is 6.60. The number of amides is 1. The van der Waals surface area contributed by atoms with Crippen LogP contribution in [0, 0.1) is 13.8 Å². The lowest BCUT2D eigenvalue weighted by Crippen LogP contribution is -2.44. The van der Waals surface area contributed by atoms with E-state index in [2.05, 4.69) is 10.1 Å². The maximum absolute atomic E-state index is 12.7. The normalized spacial score (nSPS) is 17.6. The topological polar surface area (TPSA) is 63.5 Å². The zero-order chi connectivity index (χ0) is 18.0. The summed E-state index contributed by atoms with van der Waals surface area (Å²) < 4.78 is 7.62. The fourth-order valence-electron chi connectivity index (χ4n) is 2.99. The molecule has 7 nitrogen and oxygen atoms in total. The maximum atomic E-state index is 12.7. The average Bonchev–Trinajstić information content (AvgIpc) is 2.92. The van der Waals surface area contributed by atoms with E-state index in [9.17, 15) is 4.79 Å². The van der Waals surface area contributed by atoms with Crippen molar-refractivity contribution in [3.8, 4) is 0 Å². The van der Waals surface area contributed by atoms with Gasteiger partial charge in [-0.2, -0.15) is 5.10 Å². The zero-order valence-electron chi connectivity index (χ0n) is 15.3. The van der Waals surface area contributed by atoms with Crippen molar-refractivity contribution in [2.24, 2.45) is 0 Å². The van der Waals surface area contributed by atoms with Gasteiger partial charge < -0.3 is 14.5 Å². The lowest BCUT2D eigenvalue weighted by atomic mass is 10.2. The molecule has 1 amide bonds. The van der Waals surface area contributed by atoms with Gasteiger partial charge >= 0.3 is 0 Å². The van der Waals surface area contributed by atoms with Gasteiger partial charge in [-0.3, -0.25) is 9.48 Å². The molecular weight excluding hydrogens is 318 g/mol. The number of aromatic nitrogens is 3. The highest BCUT2D eigenvalue weighted by molar-refractivity contribution is 5.76. The van der Waals surface area contributed by atoms with Crippen molar-refractivity contribution < 1.29 is 9.53 Å². The van der Waals surface area contributed by atoms with Gasteiger partial charge in [-0.05, 0) is 32.0 Å². The molecule has 1 atom stereocenters. The van der Waals surface area contributed by atoms with E-state index in [1.165, 1.54) is 0 Å². The summed E-state index contributed by atoms with van der Waals surface area (Å²) in [4.78, 5) is 21.1. The van der Waals surface area contributed by atoms with Crippen LogP contribution in [0.3, 0.4) is 0 Å². The van der Waals surface area contributed by atoms with Gasteiger partial charge in [-0.25, -0.2) is 4.98 Å². The van der Waals surface area contributed by atoms with Crippen LogP contribution in [-0.4, -0.2) is 59.4 Å². The Balaban J connectivity index is 1.69. The molecule has 3 rings (SSSR count). The minimum Gasteiger partial charge on any atom is -0.368 e. The van der Waals surface area contributed by atoms with Crippen LogP contribution in [0.4, 0.5) is 5.82 Å². The molecule has 0 aliphatic carbocycles. The van der Waals surface area contributed by atoms with Crippen LogP contribution in [0.2, 0.25) is 0 Å². The number of hydrogen-bond acceptors (Lipinski definition) is 5. The highest BCUT2D eigenvalue weighted by atomic mass is 16.5. The number of morpholine rings is 1. The van der Waals surface area contributed by atoms with E-state index in [0.29, 0.717) is 19.7 Å². The molecule has 25 heavy (non-hydrogen) atoms. The van der Waals surface area contributed by atoms with E-state index in [0.717, 1.165) is 22.9 Å². The number of hydrogen-bond donors (Lipinski definition) is 0. The first-order valence-electron chi connectivity index (χ1n) is 8.49. The predicted octanol–water partition coefficient (Wildman–Crippen LogP) is 1.56. The summed E-state index contributed by atoms with van der Waals surface area (Å²) in [5.74, 6) is 0.940. The highest BCUT2D eigenvalue weighted by Gasteiger charge is 2.27. The van der Waals surface area contributed by atoms with Crippen LogP contribution in [0.25, 0.3) is 0 Å². The smallest absolute Gasteiger partial charge is 0.244 e. The molecule has 0 radical (unpaired) electrons. The maximum Gasteiger partial charge on any atom is 0.244 e. The van der Waals surface area contributed by atoms with Gasteiger partial charge in [-0.15, -0.1) is 0 Å². The third-order valence-electron chi connectivity index (χ3n) is 4.35. The second kappa shape index (κ2) is 7.23. The molecule has 0 spiro atoms. The van der Waals surface area contributed by atoms with Crippen LogP contribution >= 0.6 is 0 Å². The molecule has 2 aromatic rings. The first kappa shape index (κ1) is 17.4. The minimum atomic E-state index is -0.196. The molecule has 1 aliphatic heterocycles. The van der Waals surface area contributed by atoms with Gasteiger partial charge in [-0.1, -0.05) is 6.07 Å². The third-order valence-corrected chi connectivity index (χ3v) is 4.35. The Bertz CT molecular complexity index is 756. The summed E-state index contributed by atoms with van der Waals surface area (Å²) in [6.07, 6.45) is -0.196. The van der Waals surface area contributed by atoms with Gasteiger partial charge in [0.1, 0.15) is 18.5 Å². The van der Waals surface area contributed by atoms with Crippen LogP contribution in [-0.2, 0) is 16.1 Å². The van der Waals surface area contributed by atoms with E-state index < -0.39 is 0 Å². The Hall–Kier alpha value is -2.41. The molecule has 1 saturated heterocycles. The quantitative estimate of drug-likeness (QED) is 0.843. The Labute approximate surface area is 148 Å². The molecule has 0 aromatic carbocycles. The summed E-state index contributed by atoms with van der Waals surface area (Å²) in [6.45, 7) is 5.79. The average molecular weight is 343 g/mol. The Morgan fingerprint density at radius 2 is 2.16 bits per heavy atom. The predicted molar refractivity (Wildman–Crippen MR) is 95.5 cm³/mol. The fraction of sp³-hybridized carbons (Fsp3) is 0.500.